The van der Waals surface area contributed by atoms with Gasteiger partial charge in [0.1, 0.15) is 34.9 Å². The summed E-state index contributed by atoms with van der Waals surface area (Å²) in [5.41, 5.74) is 1.44. The molecule has 224 valence electrons. The van der Waals surface area contributed by atoms with Gasteiger partial charge < -0.3 is 15.0 Å². The number of carbonyl (C=O) groups excluding carboxylic acids is 3. The molecule has 0 radical (unpaired) electrons. The summed E-state index contributed by atoms with van der Waals surface area (Å²) in [6.07, 6.45) is -3.58. The Labute approximate surface area is 249 Å². The van der Waals surface area contributed by atoms with E-state index in [1.807, 2.05) is 0 Å². The summed E-state index contributed by atoms with van der Waals surface area (Å²) in [5, 5.41) is 7.32. The van der Waals surface area contributed by atoms with E-state index in [2.05, 4.69) is 46.0 Å². The molecule has 1 saturated heterocycles. The number of carbonyl (C=O) groups is 3. The second-order valence-corrected chi connectivity index (χ2v) is 10.5. The van der Waals surface area contributed by atoms with Crippen LogP contribution in [0.2, 0.25) is 0 Å². The molecular weight excluding hydrogens is 642 g/mol. The van der Waals surface area contributed by atoms with Crippen molar-refractivity contribution in [3.8, 4) is 17.1 Å². The summed E-state index contributed by atoms with van der Waals surface area (Å²) in [6, 6.07) is 8.23. The number of rotatable bonds is 8. The van der Waals surface area contributed by atoms with Crippen molar-refractivity contribution in [2.75, 3.05) is 18.5 Å². The molecule has 16 heteroatoms. The van der Waals surface area contributed by atoms with E-state index in [-0.39, 0.29) is 36.8 Å². The molecule has 1 N–H and O–H groups in total. The number of amides is 2. The molecule has 11 nitrogen and oxygen atoms in total. The van der Waals surface area contributed by atoms with Crippen molar-refractivity contribution in [1.82, 2.24) is 29.6 Å². The predicted octanol–water partition coefficient (Wildman–Crippen LogP) is 4.37. The van der Waals surface area contributed by atoms with Gasteiger partial charge >= 0.3 is 12.2 Å². The van der Waals surface area contributed by atoms with Crippen molar-refractivity contribution in [3.05, 3.63) is 59.1 Å². The standard InChI is InChI=1S/C27H22BrF4N7O4/c1-14(40)24-18-7-15(16-9-33-26(34-10-16)43-13-27(30,31)32)5-6-19(18)39(37-24)12-23(41)38-11-17(29)8-20(38)25(42)36-22-4-2-3-21(28)35-22/h2-7,9-10,17,20H,8,11-13H2,1H3,(H,35,36,42)/t17-,20+/m1/s1. The van der Waals surface area contributed by atoms with Gasteiger partial charge in [-0.1, -0.05) is 12.1 Å². The normalized spacial score (nSPS) is 16.8. The third-order valence-electron chi connectivity index (χ3n) is 6.53. The van der Waals surface area contributed by atoms with Crippen LogP contribution in [0.25, 0.3) is 22.0 Å². The van der Waals surface area contributed by atoms with Crippen LogP contribution in [0.15, 0.2) is 53.4 Å². The highest BCUT2D eigenvalue weighted by Gasteiger charge is 2.40. The number of benzene rings is 1. The van der Waals surface area contributed by atoms with E-state index in [1.54, 1.807) is 36.4 Å². The first kappa shape index (κ1) is 30.0. The van der Waals surface area contributed by atoms with Crippen LogP contribution >= 0.6 is 15.9 Å². The summed E-state index contributed by atoms with van der Waals surface area (Å²) in [5.74, 6) is -1.31. The number of aromatic nitrogens is 5. The van der Waals surface area contributed by atoms with Crippen LogP contribution in [0, 0.1) is 0 Å². The molecule has 1 aliphatic rings. The third-order valence-corrected chi connectivity index (χ3v) is 6.98. The van der Waals surface area contributed by atoms with Crippen molar-refractivity contribution >= 4 is 50.2 Å². The lowest BCUT2D eigenvalue weighted by atomic mass is 10.0. The number of alkyl halides is 4. The molecule has 3 aromatic heterocycles. The van der Waals surface area contributed by atoms with Crippen molar-refractivity contribution in [1.29, 1.82) is 0 Å². The molecule has 5 rings (SSSR count). The fraction of sp³-hybridized carbons (Fsp3) is 0.296. The molecule has 2 atom stereocenters. The monoisotopic (exact) mass is 663 g/mol. The predicted molar refractivity (Wildman–Crippen MR) is 148 cm³/mol. The molecular formula is C27H22BrF4N7O4. The zero-order chi connectivity index (χ0) is 30.9. The van der Waals surface area contributed by atoms with Gasteiger partial charge in [-0.15, -0.1) is 0 Å². The van der Waals surface area contributed by atoms with Gasteiger partial charge in [-0.3, -0.25) is 19.1 Å². The zero-order valence-electron chi connectivity index (χ0n) is 22.3. The summed E-state index contributed by atoms with van der Waals surface area (Å²) < 4.78 is 57.9. The van der Waals surface area contributed by atoms with E-state index in [0.717, 1.165) is 4.90 Å². The highest BCUT2D eigenvalue weighted by atomic mass is 79.9. The van der Waals surface area contributed by atoms with Gasteiger partial charge in [-0.2, -0.15) is 18.3 Å². The maximum Gasteiger partial charge on any atom is 0.422 e. The first-order valence-corrected chi connectivity index (χ1v) is 13.6. The largest absolute Gasteiger partial charge is 0.454 e. The number of hydrogen-bond acceptors (Lipinski definition) is 8. The highest BCUT2D eigenvalue weighted by molar-refractivity contribution is 9.10. The molecule has 0 spiro atoms. The highest BCUT2D eigenvalue weighted by Crippen LogP contribution is 2.28. The smallest absolute Gasteiger partial charge is 0.422 e. The van der Waals surface area contributed by atoms with Crippen LogP contribution in [0.5, 0.6) is 6.01 Å². The number of halogens is 5. The Morgan fingerprint density at radius 3 is 2.53 bits per heavy atom. The van der Waals surface area contributed by atoms with Crippen molar-refractivity contribution < 1.29 is 36.7 Å². The van der Waals surface area contributed by atoms with Crippen LogP contribution in [-0.4, -0.2) is 78.8 Å². The second-order valence-electron chi connectivity index (χ2n) is 9.68. The number of likely N-dealkylation sites (tertiary alicyclic amines) is 1. The van der Waals surface area contributed by atoms with Crippen LogP contribution in [0.3, 0.4) is 0 Å². The number of hydrogen-bond donors (Lipinski definition) is 1. The number of ketones is 1. The van der Waals surface area contributed by atoms with E-state index in [0.29, 0.717) is 26.6 Å². The van der Waals surface area contributed by atoms with Gasteiger partial charge in [-0.25, -0.2) is 19.3 Å². The van der Waals surface area contributed by atoms with Crippen molar-refractivity contribution in [3.63, 3.8) is 0 Å². The fourth-order valence-corrected chi connectivity index (χ4v) is 4.98. The van der Waals surface area contributed by atoms with Crippen LogP contribution in [0.4, 0.5) is 23.4 Å². The number of fused-ring (bicyclic) bond motifs is 1. The van der Waals surface area contributed by atoms with Gasteiger partial charge in [-0.05, 0) is 45.8 Å². The van der Waals surface area contributed by atoms with Crippen LogP contribution < -0.4 is 10.1 Å². The minimum atomic E-state index is -4.54. The minimum absolute atomic E-state index is 0.0653. The molecule has 0 unspecified atom stereocenters. The molecule has 0 aliphatic carbocycles. The van der Waals surface area contributed by atoms with Gasteiger partial charge in [0.05, 0.1) is 12.1 Å². The number of nitrogens with one attached hydrogen (secondary N) is 1. The molecule has 0 bridgehead atoms. The molecule has 4 heterocycles. The SMILES string of the molecule is CC(=O)c1nn(CC(=O)N2C[C@H](F)C[C@H]2C(=O)Nc2cccc(Br)n2)c2ccc(-c3cnc(OCC(F)(F)F)nc3)cc12. The number of anilines is 1. The van der Waals surface area contributed by atoms with Gasteiger partial charge in [0, 0.05) is 36.7 Å². The van der Waals surface area contributed by atoms with Crippen molar-refractivity contribution in [2.45, 2.75) is 38.3 Å². The van der Waals surface area contributed by atoms with Crippen molar-refractivity contribution in [2.24, 2.45) is 0 Å². The lowest BCUT2D eigenvalue weighted by Crippen LogP contribution is -2.44. The molecule has 1 aliphatic heterocycles. The topological polar surface area (TPSA) is 132 Å². The number of pyridine rings is 1. The van der Waals surface area contributed by atoms with Crippen LogP contribution in [-0.2, 0) is 16.1 Å². The molecule has 0 saturated carbocycles. The summed E-state index contributed by atoms with van der Waals surface area (Å²) in [4.78, 5) is 51.6. The Bertz CT molecular complexity index is 1700. The maximum atomic E-state index is 14.4. The Hall–Kier alpha value is -4.47. The lowest BCUT2D eigenvalue weighted by Gasteiger charge is -2.23. The fourth-order valence-electron chi connectivity index (χ4n) is 4.64. The van der Waals surface area contributed by atoms with Gasteiger partial charge in [0.2, 0.25) is 11.8 Å². The van der Waals surface area contributed by atoms with E-state index in [1.165, 1.54) is 24.0 Å². The van der Waals surface area contributed by atoms with Crippen LogP contribution in [0.1, 0.15) is 23.8 Å². The number of ether oxygens (including phenoxy) is 1. The van der Waals surface area contributed by atoms with E-state index in [4.69, 9.17) is 0 Å². The molecule has 2 amide bonds. The van der Waals surface area contributed by atoms with E-state index < -0.39 is 42.8 Å². The van der Waals surface area contributed by atoms with E-state index in [9.17, 15) is 31.9 Å². The summed E-state index contributed by atoms with van der Waals surface area (Å²) in [6.45, 7) is -0.881. The molecule has 1 fully saturated rings. The van der Waals surface area contributed by atoms with E-state index >= 15 is 0 Å². The number of nitrogens with zero attached hydrogens (tertiary/aromatic N) is 6. The zero-order valence-corrected chi connectivity index (χ0v) is 23.9. The first-order chi connectivity index (χ1) is 20.4. The Morgan fingerprint density at radius 1 is 1.12 bits per heavy atom. The molecule has 1 aromatic carbocycles. The molecule has 4 aromatic rings. The number of Topliss-reactive ketones (excluding diaryl/α,β-unsaturated/α-hetero) is 1. The third kappa shape index (κ3) is 6.96. The average Bonchev–Trinajstić information content (AvgIpc) is 3.52. The van der Waals surface area contributed by atoms with Gasteiger partial charge in [0.25, 0.3) is 0 Å². The lowest BCUT2D eigenvalue weighted by molar-refractivity contribution is -0.154. The summed E-state index contributed by atoms with van der Waals surface area (Å²) in [7, 11) is 0. The first-order valence-electron chi connectivity index (χ1n) is 12.8. The maximum absolute atomic E-state index is 14.4. The Kier molecular flexibility index (Phi) is 8.39. The Balaban J connectivity index is 1.36. The van der Waals surface area contributed by atoms with Gasteiger partial charge in [0.15, 0.2) is 12.4 Å². The Morgan fingerprint density at radius 2 is 1.86 bits per heavy atom. The quantitative estimate of drug-likeness (QED) is 0.167. The second kappa shape index (κ2) is 12.0. The minimum Gasteiger partial charge on any atom is -0.454 e. The summed E-state index contributed by atoms with van der Waals surface area (Å²) >= 11 is 3.22. The average molecular weight is 664 g/mol. The molecule has 43 heavy (non-hydrogen) atoms.